The van der Waals surface area contributed by atoms with E-state index in [2.05, 4.69) is 82.8 Å². The average molecular weight is 611 g/mol. The van der Waals surface area contributed by atoms with Gasteiger partial charge in [-0.3, -0.25) is 9.59 Å². The molecule has 0 spiro atoms. The van der Waals surface area contributed by atoms with Crippen molar-refractivity contribution in [1.29, 1.82) is 0 Å². The molecule has 4 rings (SSSR count). The van der Waals surface area contributed by atoms with E-state index >= 15 is 0 Å². The predicted octanol–water partition coefficient (Wildman–Crippen LogP) is 6.22. The van der Waals surface area contributed by atoms with Crippen LogP contribution < -0.4 is 16.0 Å². The van der Waals surface area contributed by atoms with Gasteiger partial charge in [0.25, 0.3) is 5.91 Å². The molecule has 0 fully saturated rings. The maximum absolute atomic E-state index is 13.8. The number of benzene rings is 3. The zero-order valence-corrected chi connectivity index (χ0v) is 27.5. The van der Waals surface area contributed by atoms with Crippen molar-refractivity contribution in [2.45, 2.75) is 72.6 Å². The Bertz CT molecular complexity index is 1470. The number of aromatic amines is 1. The Kier molecular flexibility index (Phi) is 12.7. The second-order valence-corrected chi connectivity index (χ2v) is 12.9. The summed E-state index contributed by atoms with van der Waals surface area (Å²) in [7, 11) is 0. The van der Waals surface area contributed by atoms with Gasteiger partial charge >= 0.3 is 0 Å². The number of imidazole rings is 1. The van der Waals surface area contributed by atoms with E-state index in [1.807, 2.05) is 49.4 Å². The number of H-pyrrole nitrogens is 1. The Morgan fingerprint density at radius 1 is 0.844 bits per heavy atom. The Labute approximate surface area is 268 Å². The first-order valence-electron chi connectivity index (χ1n) is 16.3. The van der Waals surface area contributed by atoms with Crippen molar-refractivity contribution in [2.75, 3.05) is 19.6 Å². The van der Waals surface area contributed by atoms with Crippen molar-refractivity contribution in [3.05, 3.63) is 102 Å². The van der Waals surface area contributed by atoms with Crippen LogP contribution in [0.4, 0.5) is 0 Å². The van der Waals surface area contributed by atoms with E-state index in [1.54, 1.807) is 12.4 Å². The topological polar surface area (TPSA) is 102 Å². The van der Waals surface area contributed by atoms with Gasteiger partial charge < -0.3 is 25.8 Å². The fraction of sp³-hybridized carbons (Fsp3) is 0.432. The number of amides is 2. The quantitative estimate of drug-likeness (QED) is 0.114. The van der Waals surface area contributed by atoms with Crippen molar-refractivity contribution in [3.8, 4) is 0 Å². The van der Waals surface area contributed by atoms with Crippen LogP contribution in [0.3, 0.4) is 0 Å². The molecule has 8 heteroatoms. The van der Waals surface area contributed by atoms with E-state index in [1.165, 1.54) is 0 Å². The van der Waals surface area contributed by atoms with E-state index in [4.69, 9.17) is 0 Å². The highest BCUT2D eigenvalue weighted by Crippen LogP contribution is 2.24. The van der Waals surface area contributed by atoms with Gasteiger partial charge in [0.15, 0.2) is 0 Å². The Hall–Kier alpha value is -4.01. The Morgan fingerprint density at radius 3 is 2.24 bits per heavy atom. The molecular weight excluding hydrogens is 560 g/mol. The molecule has 0 saturated heterocycles. The van der Waals surface area contributed by atoms with E-state index in [0.717, 1.165) is 53.8 Å². The van der Waals surface area contributed by atoms with Gasteiger partial charge in [-0.25, -0.2) is 4.98 Å². The molecule has 240 valence electrons. The van der Waals surface area contributed by atoms with Crippen LogP contribution >= 0.6 is 0 Å². The molecule has 4 aromatic rings. The Morgan fingerprint density at radius 2 is 1.56 bits per heavy atom. The number of aromatic nitrogens is 2. The molecule has 45 heavy (non-hydrogen) atoms. The van der Waals surface area contributed by atoms with Crippen LogP contribution in [-0.4, -0.2) is 52.4 Å². The fourth-order valence-electron chi connectivity index (χ4n) is 5.83. The third-order valence-corrected chi connectivity index (χ3v) is 7.88. The third-order valence-electron chi connectivity index (χ3n) is 7.88. The highest BCUT2D eigenvalue weighted by atomic mass is 16.2. The van der Waals surface area contributed by atoms with Crippen molar-refractivity contribution < 1.29 is 9.59 Å². The fourth-order valence-corrected chi connectivity index (χ4v) is 5.83. The second kappa shape index (κ2) is 16.9. The number of carbonyl (C=O) groups is 2. The van der Waals surface area contributed by atoms with Crippen molar-refractivity contribution in [3.63, 3.8) is 0 Å². The first-order valence-corrected chi connectivity index (χ1v) is 16.3. The van der Waals surface area contributed by atoms with Crippen LogP contribution in [0.1, 0.15) is 80.8 Å². The minimum absolute atomic E-state index is 0.165. The molecule has 2 atom stereocenters. The molecule has 2 amide bonds. The van der Waals surface area contributed by atoms with Gasteiger partial charge in [-0.1, -0.05) is 82.3 Å². The maximum Gasteiger partial charge on any atom is 0.251 e. The molecule has 1 heterocycles. The molecular formula is C37H50N6O2. The number of fused-ring (bicyclic) bond motifs is 1. The lowest BCUT2D eigenvalue weighted by Gasteiger charge is -2.27. The second-order valence-electron chi connectivity index (χ2n) is 12.9. The summed E-state index contributed by atoms with van der Waals surface area (Å²) in [5, 5.41) is 11.9. The van der Waals surface area contributed by atoms with Gasteiger partial charge in [0.1, 0.15) is 11.9 Å². The van der Waals surface area contributed by atoms with Crippen molar-refractivity contribution >= 4 is 22.6 Å². The summed E-state index contributed by atoms with van der Waals surface area (Å²) in [6, 6.07) is 21.0. The minimum atomic E-state index is -0.649. The first kappa shape index (κ1) is 33.9. The monoisotopic (exact) mass is 610 g/mol. The molecule has 0 unspecified atom stereocenters. The lowest BCUT2D eigenvalue weighted by Crippen LogP contribution is -2.47. The largest absolute Gasteiger partial charge is 0.348 e. The SMILES string of the molecule is CC(C)CN(CCC[C@H](NC(=O)c1ccc(CNCc2ncc[nH]2)cc1)C(=O)N[C@@H](C)c1cccc2ccccc12)CC(C)C. The van der Waals surface area contributed by atoms with Crippen LogP contribution in [0, 0.1) is 11.8 Å². The lowest BCUT2D eigenvalue weighted by molar-refractivity contribution is -0.123. The smallest absolute Gasteiger partial charge is 0.251 e. The van der Waals surface area contributed by atoms with Crippen LogP contribution in [0.5, 0.6) is 0 Å². The standard InChI is InChI=1S/C37H50N6O2/c1-26(2)24-43(25-27(3)4)21-9-14-34(37(45)41-28(5)32-13-8-11-30-10-6-7-12-33(30)32)42-36(44)31-17-15-29(16-18-31)22-38-23-35-39-19-20-40-35/h6-8,10-13,15-20,26-28,34,38H,9,14,21-25H2,1-5H3,(H,39,40)(H,41,45)(H,42,44)/t28-,34-/m0/s1. The third kappa shape index (κ3) is 10.5. The summed E-state index contributed by atoms with van der Waals surface area (Å²) < 4.78 is 0. The number of rotatable bonds is 17. The van der Waals surface area contributed by atoms with Gasteiger partial charge in [0, 0.05) is 37.6 Å². The molecule has 0 aliphatic rings. The zero-order chi connectivity index (χ0) is 32.2. The summed E-state index contributed by atoms with van der Waals surface area (Å²) in [5.74, 6) is 1.59. The van der Waals surface area contributed by atoms with E-state index < -0.39 is 6.04 Å². The highest BCUT2D eigenvalue weighted by Gasteiger charge is 2.24. The van der Waals surface area contributed by atoms with Gasteiger partial charge in [0.05, 0.1) is 12.6 Å². The number of hydrogen-bond donors (Lipinski definition) is 4. The number of nitrogens with zero attached hydrogens (tertiary/aromatic N) is 2. The van der Waals surface area contributed by atoms with Crippen LogP contribution in [0.25, 0.3) is 10.8 Å². The Balaban J connectivity index is 1.42. The molecule has 4 N–H and O–H groups in total. The molecule has 8 nitrogen and oxygen atoms in total. The first-order chi connectivity index (χ1) is 21.7. The number of hydrogen-bond acceptors (Lipinski definition) is 5. The minimum Gasteiger partial charge on any atom is -0.348 e. The van der Waals surface area contributed by atoms with Gasteiger partial charge in [-0.05, 0) is 72.2 Å². The van der Waals surface area contributed by atoms with Crippen LogP contribution in [0.2, 0.25) is 0 Å². The molecule has 0 aliphatic carbocycles. The maximum atomic E-state index is 13.8. The van der Waals surface area contributed by atoms with Crippen molar-refractivity contribution in [2.24, 2.45) is 11.8 Å². The van der Waals surface area contributed by atoms with E-state index in [-0.39, 0.29) is 17.9 Å². The normalized spacial score (nSPS) is 13.0. The molecule has 1 aromatic heterocycles. The van der Waals surface area contributed by atoms with Gasteiger partial charge in [0.2, 0.25) is 5.91 Å². The zero-order valence-electron chi connectivity index (χ0n) is 27.5. The number of nitrogens with one attached hydrogen (secondary N) is 4. The highest BCUT2D eigenvalue weighted by molar-refractivity contribution is 5.97. The van der Waals surface area contributed by atoms with Gasteiger partial charge in [-0.15, -0.1) is 0 Å². The molecule has 0 radical (unpaired) electrons. The van der Waals surface area contributed by atoms with Crippen LogP contribution in [0.15, 0.2) is 79.1 Å². The molecule has 0 saturated carbocycles. The number of carbonyl (C=O) groups excluding carboxylic acids is 2. The summed E-state index contributed by atoms with van der Waals surface area (Å²) in [6.45, 7) is 15.1. The summed E-state index contributed by atoms with van der Waals surface area (Å²) >= 11 is 0. The molecule has 0 bridgehead atoms. The summed E-state index contributed by atoms with van der Waals surface area (Å²) in [4.78, 5) is 37.0. The average Bonchev–Trinajstić information content (AvgIpc) is 3.53. The molecule has 0 aliphatic heterocycles. The lowest BCUT2D eigenvalue weighted by atomic mass is 9.99. The summed E-state index contributed by atoms with van der Waals surface area (Å²) in [5.41, 5.74) is 2.65. The van der Waals surface area contributed by atoms with E-state index in [0.29, 0.717) is 36.9 Å². The predicted molar refractivity (Wildman–Crippen MR) is 183 cm³/mol. The van der Waals surface area contributed by atoms with Crippen LogP contribution in [-0.2, 0) is 17.9 Å². The van der Waals surface area contributed by atoms with Crippen molar-refractivity contribution in [1.82, 2.24) is 30.8 Å². The van der Waals surface area contributed by atoms with E-state index in [9.17, 15) is 9.59 Å². The summed E-state index contributed by atoms with van der Waals surface area (Å²) in [6.07, 6.45) is 4.90. The molecule has 3 aromatic carbocycles. The van der Waals surface area contributed by atoms with Gasteiger partial charge in [-0.2, -0.15) is 0 Å².